The molecule has 0 aliphatic heterocycles. The molecule has 0 aromatic carbocycles. The molecular formula is C11H11ClN6O. The maximum atomic E-state index is 5.92. The largest absolute Gasteiger partial charge is 0.444 e. The van der Waals surface area contributed by atoms with Crippen LogP contribution >= 0.6 is 11.6 Å². The van der Waals surface area contributed by atoms with E-state index in [1.165, 1.54) is 6.33 Å². The fourth-order valence-corrected chi connectivity index (χ4v) is 1.87. The van der Waals surface area contributed by atoms with Gasteiger partial charge in [-0.15, -0.1) is 0 Å². The van der Waals surface area contributed by atoms with Gasteiger partial charge in [-0.3, -0.25) is 0 Å². The van der Waals surface area contributed by atoms with Crippen LogP contribution < -0.4 is 5.32 Å². The Morgan fingerprint density at radius 2 is 2.21 bits per heavy atom. The minimum atomic E-state index is 0.350. The van der Waals surface area contributed by atoms with E-state index in [0.29, 0.717) is 29.2 Å². The van der Waals surface area contributed by atoms with Crippen molar-refractivity contribution in [2.24, 2.45) is 0 Å². The molecular weight excluding hydrogens is 268 g/mol. The molecule has 0 saturated heterocycles. The SMILES string of the molecule is Cc1nc(CNc2cc(Cl)nc3ncnn23)oc1C. The summed E-state index contributed by atoms with van der Waals surface area (Å²) in [7, 11) is 0. The van der Waals surface area contributed by atoms with E-state index < -0.39 is 0 Å². The van der Waals surface area contributed by atoms with E-state index in [4.69, 9.17) is 16.0 Å². The van der Waals surface area contributed by atoms with Crippen LogP contribution in [0.25, 0.3) is 5.78 Å². The summed E-state index contributed by atoms with van der Waals surface area (Å²) in [5, 5.41) is 7.57. The molecule has 0 amide bonds. The van der Waals surface area contributed by atoms with E-state index in [1.807, 2.05) is 13.8 Å². The molecule has 3 rings (SSSR count). The average molecular weight is 279 g/mol. The molecule has 0 aliphatic carbocycles. The summed E-state index contributed by atoms with van der Waals surface area (Å²) >= 11 is 5.92. The lowest BCUT2D eigenvalue weighted by Crippen LogP contribution is -2.06. The maximum absolute atomic E-state index is 5.92. The lowest BCUT2D eigenvalue weighted by molar-refractivity contribution is 0.478. The summed E-state index contributed by atoms with van der Waals surface area (Å²) in [5.74, 6) is 2.54. The summed E-state index contributed by atoms with van der Waals surface area (Å²) in [6.07, 6.45) is 1.42. The van der Waals surface area contributed by atoms with Crippen molar-refractivity contribution in [2.75, 3.05) is 5.32 Å². The van der Waals surface area contributed by atoms with E-state index in [0.717, 1.165) is 11.5 Å². The van der Waals surface area contributed by atoms with Crippen LogP contribution in [0.2, 0.25) is 5.15 Å². The molecule has 0 bridgehead atoms. The van der Waals surface area contributed by atoms with Crippen molar-refractivity contribution in [1.82, 2.24) is 24.6 Å². The second-order valence-corrected chi connectivity index (χ2v) is 4.43. The highest BCUT2D eigenvalue weighted by Gasteiger charge is 2.09. The zero-order chi connectivity index (χ0) is 13.4. The van der Waals surface area contributed by atoms with Crippen molar-refractivity contribution in [2.45, 2.75) is 20.4 Å². The van der Waals surface area contributed by atoms with Gasteiger partial charge in [0.1, 0.15) is 23.1 Å². The van der Waals surface area contributed by atoms with E-state index in [-0.39, 0.29) is 0 Å². The van der Waals surface area contributed by atoms with Crippen molar-refractivity contribution in [3.05, 3.63) is 34.9 Å². The second kappa shape index (κ2) is 4.51. The number of rotatable bonds is 3. The van der Waals surface area contributed by atoms with Crippen LogP contribution in [0.5, 0.6) is 0 Å². The number of hydrogen-bond donors (Lipinski definition) is 1. The van der Waals surface area contributed by atoms with Gasteiger partial charge < -0.3 is 9.73 Å². The van der Waals surface area contributed by atoms with Crippen LogP contribution in [0.1, 0.15) is 17.3 Å². The minimum Gasteiger partial charge on any atom is -0.444 e. The number of oxazole rings is 1. The van der Waals surface area contributed by atoms with Gasteiger partial charge in [-0.05, 0) is 13.8 Å². The van der Waals surface area contributed by atoms with Crippen LogP contribution in [0.4, 0.5) is 5.82 Å². The van der Waals surface area contributed by atoms with Crippen molar-refractivity contribution in [1.29, 1.82) is 0 Å². The normalized spacial score (nSPS) is 11.1. The molecule has 0 atom stereocenters. The predicted octanol–water partition coefficient (Wildman–Crippen LogP) is 1.99. The van der Waals surface area contributed by atoms with Gasteiger partial charge in [-0.1, -0.05) is 11.6 Å². The monoisotopic (exact) mass is 278 g/mol. The van der Waals surface area contributed by atoms with Gasteiger partial charge in [0.2, 0.25) is 5.89 Å². The molecule has 3 aromatic heterocycles. The Morgan fingerprint density at radius 1 is 1.37 bits per heavy atom. The number of nitrogens with zero attached hydrogens (tertiary/aromatic N) is 5. The number of fused-ring (bicyclic) bond motifs is 1. The fourth-order valence-electron chi connectivity index (χ4n) is 1.69. The highest BCUT2D eigenvalue weighted by atomic mass is 35.5. The van der Waals surface area contributed by atoms with Gasteiger partial charge in [0.25, 0.3) is 5.78 Å². The lowest BCUT2D eigenvalue weighted by Gasteiger charge is -2.05. The second-order valence-electron chi connectivity index (χ2n) is 4.04. The van der Waals surface area contributed by atoms with Crippen molar-refractivity contribution in [3.63, 3.8) is 0 Å². The highest BCUT2D eigenvalue weighted by Crippen LogP contribution is 2.16. The Balaban J connectivity index is 1.87. The molecule has 0 radical (unpaired) electrons. The number of hydrogen-bond acceptors (Lipinski definition) is 6. The third-order valence-electron chi connectivity index (χ3n) is 2.71. The van der Waals surface area contributed by atoms with Crippen LogP contribution in [0, 0.1) is 13.8 Å². The van der Waals surface area contributed by atoms with Gasteiger partial charge in [0, 0.05) is 6.07 Å². The van der Waals surface area contributed by atoms with Crippen molar-refractivity contribution < 1.29 is 4.42 Å². The Hall–Kier alpha value is -2.15. The lowest BCUT2D eigenvalue weighted by atomic mass is 10.4. The van der Waals surface area contributed by atoms with Crippen LogP contribution in [-0.2, 0) is 6.54 Å². The first-order chi connectivity index (χ1) is 9.13. The quantitative estimate of drug-likeness (QED) is 0.738. The van der Waals surface area contributed by atoms with Gasteiger partial charge in [0.05, 0.1) is 12.2 Å². The molecule has 0 spiro atoms. The molecule has 0 fully saturated rings. The maximum Gasteiger partial charge on any atom is 0.255 e. The Bertz CT molecular complexity index is 714. The first-order valence-electron chi connectivity index (χ1n) is 5.66. The van der Waals surface area contributed by atoms with E-state index in [1.54, 1.807) is 10.6 Å². The third-order valence-corrected chi connectivity index (χ3v) is 2.91. The first kappa shape index (κ1) is 11.9. The standard InChI is InChI=1S/C11H11ClN6O/c1-6-7(2)19-10(16-6)4-13-9-3-8(12)17-11-14-5-15-18(9)11/h3,5,13H,4H2,1-2H3. The number of halogens is 1. The smallest absolute Gasteiger partial charge is 0.255 e. The molecule has 7 nitrogen and oxygen atoms in total. The molecule has 3 aromatic rings. The summed E-state index contributed by atoms with van der Waals surface area (Å²) in [5.41, 5.74) is 0.885. The van der Waals surface area contributed by atoms with Crippen molar-refractivity contribution in [3.8, 4) is 0 Å². The highest BCUT2D eigenvalue weighted by molar-refractivity contribution is 6.29. The Morgan fingerprint density at radius 3 is 2.95 bits per heavy atom. The molecule has 0 saturated carbocycles. The molecule has 98 valence electrons. The van der Waals surface area contributed by atoms with Gasteiger partial charge in [-0.2, -0.15) is 19.6 Å². The van der Waals surface area contributed by atoms with Crippen LogP contribution in [0.3, 0.4) is 0 Å². The summed E-state index contributed by atoms with van der Waals surface area (Å²) in [6.45, 7) is 4.22. The Labute approximate surface area is 113 Å². The van der Waals surface area contributed by atoms with Gasteiger partial charge in [-0.25, -0.2) is 4.98 Å². The zero-order valence-corrected chi connectivity index (χ0v) is 11.1. The van der Waals surface area contributed by atoms with E-state index in [2.05, 4.69) is 25.4 Å². The van der Waals surface area contributed by atoms with Gasteiger partial charge >= 0.3 is 0 Å². The summed E-state index contributed by atoms with van der Waals surface area (Å²) in [6, 6.07) is 1.67. The Kier molecular flexibility index (Phi) is 2.83. The molecule has 19 heavy (non-hydrogen) atoms. The topological polar surface area (TPSA) is 81.1 Å². The molecule has 1 N–H and O–H groups in total. The number of nitrogens with one attached hydrogen (secondary N) is 1. The number of anilines is 1. The number of aryl methyl sites for hydroxylation is 2. The molecule has 3 heterocycles. The third kappa shape index (κ3) is 2.24. The molecule has 0 unspecified atom stereocenters. The molecule has 8 heteroatoms. The summed E-state index contributed by atoms with van der Waals surface area (Å²) in [4.78, 5) is 12.3. The van der Waals surface area contributed by atoms with Crippen LogP contribution in [-0.4, -0.2) is 24.6 Å². The first-order valence-corrected chi connectivity index (χ1v) is 6.04. The van der Waals surface area contributed by atoms with Crippen molar-refractivity contribution >= 4 is 23.2 Å². The fraction of sp³-hybridized carbons (Fsp3) is 0.273. The van der Waals surface area contributed by atoms with Crippen LogP contribution in [0.15, 0.2) is 16.8 Å². The van der Waals surface area contributed by atoms with E-state index >= 15 is 0 Å². The van der Waals surface area contributed by atoms with Gasteiger partial charge in [0.15, 0.2) is 0 Å². The number of aromatic nitrogens is 5. The minimum absolute atomic E-state index is 0.350. The molecule has 0 aliphatic rings. The summed E-state index contributed by atoms with van der Waals surface area (Å²) < 4.78 is 7.06. The zero-order valence-electron chi connectivity index (χ0n) is 10.4. The average Bonchev–Trinajstić information content (AvgIpc) is 2.94. The predicted molar refractivity (Wildman–Crippen MR) is 69.1 cm³/mol. The van der Waals surface area contributed by atoms with E-state index in [9.17, 15) is 0 Å².